The van der Waals surface area contributed by atoms with Crippen molar-refractivity contribution in [3.05, 3.63) is 12.1 Å². The third-order valence-electron chi connectivity index (χ3n) is 3.43. The van der Waals surface area contributed by atoms with Gasteiger partial charge in [-0.2, -0.15) is 4.31 Å². The summed E-state index contributed by atoms with van der Waals surface area (Å²) < 4.78 is 31.4. The van der Waals surface area contributed by atoms with Crippen LogP contribution < -0.4 is 9.64 Å². The Kier molecular flexibility index (Phi) is 4.67. The summed E-state index contributed by atoms with van der Waals surface area (Å²) in [5.74, 6) is 1.17. The Balaban J connectivity index is 1.97. The molecule has 7 nitrogen and oxygen atoms in total. The molecule has 0 N–H and O–H groups in total. The highest BCUT2D eigenvalue weighted by Crippen LogP contribution is 2.21. The zero-order valence-electron chi connectivity index (χ0n) is 12.9. The Bertz CT molecular complexity index is 572. The first kappa shape index (κ1) is 16.0. The number of hydrogen-bond acceptors (Lipinski definition) is 6. The first-order valence-corrected chi connectivity index (χ1v) is 8.47. The van der Waals surface area contributed by atoms with Crippen LogP contribution in [0.5, 0.6) is 5.88 Å². The highest BCUT2D eigenvalue weighted by Gasteiger charge is 2.34. The molecule has 1 saturated heterocycles. The molecule has 118 valence electrons. The molecule has 1 aliphatic heterocycles. The Labute approximate surface area is 126 Å². The van der Waals surface area contributed by atoms with Gasteiger partial charge >= 0.3 is 0 Å². The lowest BCUT2D eigenvalue weighted by Crippen LogP contribution is -2.35. The van der Waals surface area contributed by atoms with Gasteiger partial charge in [0, 0.05) is 26.7 Å². The van der Waals surface area contributed by atoms with E-state index in [2.05, 4.69) is 10.2 Å². The van der Waals surface area contributed by atoms with Crippen LogP contribution in [0.25, 0.3) is 0 Å². The molecule has 0 bridgehead atoms. The summed E-state index contributed by atoms with van der Waals surface area (Å²) in [4.78, 5) is 1.85. The van der Waals surface area contributed by atoms with Crippen LogP contribution in [-0.2, 0) is 10.0 Å². The van der Waals surface area contributed by atoms with Crippen LogP contribution in [0.3, 0.4) is 0 Å². The van der Waals surface area contributed by atoms with Gasteiger partial charge in [-0.3, -0.25) is 0 Å². The van der Waals surface area contributed by atoms with Crippen LogP contribution in [0.15, 0.2) is 12.1 Å². The normalized spacial score (nSPS) is 20.0. The Morgan fingerprint density at radius 3 is 2.57 bits per heavy atom. The van der Waals surface area contributed by atoms with Crippen molar-refractivity contribution in [1.82, 2.24) is 14.5 Å². The van der Waals surface area contributed by atoms with Gasteiger partial charge < -0.3 is 9.64 Å². The molecule has 1 fully saturated rings. The first-order chi connectivity index (χ1) is 9.80. The summed E-state index contributed by atoms with van der Waals surface area (Å²) in [6.45, 7) is 4.25. The van der Waals surface area contributed by atoms with Crippen LogP contribution in [-0.4, -0.2) is 61.5 Å². The van der Waals surface area contributed by atoms with E-state index in [0.29, 0.717) is 25.4 Å². The highest BCUT2D eigenvalue weighted by atomic mass is 32.2. The molecule has 1 aromatic rings. The number of ether oxygens (including phenoxy) is 1. The van der Waals surface area contributed by atoms with Crippen molar-refractivity contribution in [3.8, 4) is 5.88 Å². The molecule has 0 radical (unpaired) electrons. The van der Waals surface area contributed by atoms with Gasteiger partial charge in [0.2, 0.25) is 15.9 Å². The summed E-state index contributed by atoms with van der Waals surface area (Å²) in [6, 6.07) is 3.57. The second-order valence-corrected chi connectivity index (χ2v) is 8.09. The van der Waals surface area contributed by atoms with Crippen molar-refractivity contribution in [1.29, 1.82) is 0 Å². The summed E-state index contributed by atoms with van der Waals surface area (Å²) in [5, 5.41) is 7.63. The Morgan fingerprint density at radius 1 is 1.33 bits per heavy atom. The molecule has 0 aromatic carbocycles. The van der Waals surface area contributed by atoms with E-state index in [1.165, 1.54) is 4.31 Å². The molecular weight excluding hydrogens is 292 g/mol. The minimum absolute atomic E-state index is 0.168. The molecule has 0 amide bonds. The van der Waals surface area contributed by atoms with Crippen molar-refractivity contribution < 1.29 is 13.2 Å². The maximum absolute atomic E-state index is 12.1. The van der Waals surface area contributed by atoms with Gasteiger partial charge in [0.1, 0.15) is 6.10 Å². The molecule has 2 rings (SSSR count). The summed E-state index contributed by atoms with van der Waals surface area (Å²) in [7, 11) is 0.561. The SMILES string of the molecule is CC(C)S(=O)(=O)N1CCC(Oc2ccc(N(C)C)nn2)C1. The number of anilines is 1. The number of aromatic nitrogens is 2. The zero-order valence-corrected chi connectivity index (χ0v) is 13.7. The van der Waals surface area contributed by atoms with Gasteiger partial charge in [-0.25, -0.2) is 8.42 Å². The molecular formula is C13H22N4O3S. The summed E-state index contributed by atoms with van der Waals surface area (Å²) in [5.41, 5.74) is 0. The van der Waals surface area contributed by atoms with E-state index in [4.69, 9.17) is 4.74 Å². The average molecular weight is 314 g/mol. The van der Waals surface area contributed by atoms with Crippen LogP contribution in [0.1, 0.15) is 20.3 Å². The van der Waals surface area contributed by atoms with Crippen molar-refractivity contribution in [2.24, 2.45) is 0 Å². The van der Waals surface area contributed by atoms with E-state index in [9.17, 15) is 8.42 Å². The number of hydrogen-bond donors (Lipinski definition) is 0. The molecule has 0 saturated carbocycles. The van der Waals surface area contributed by atoms with Crippen molar-refractivity contribution in [3.63, 3.8) is 0 Å². The third kappa shape index (κ3) is 3.62. The molecule has 1 atom stereocenters. The molecule has 2 heterocycles. The predicted molar refractivity (Wildman–Crippen MR) is 81.0 cm³/mol. The monoisotopic (exact) mass is 314 g/mol. The maximum atomic E-state index is 12.1. The Hall–Kier alpha value is -1.41. The van der Waals surface area contributed by atoms with Gasteiger partial charge in [-0.05, 0) is 26.3 Å². The molecule has 1 unspecified atom stereocenters. The third-order valence-corrected chi connectivity index (χ3v) is 5.68. The fourth-order valence-corrected chi connectivity index (χ4v) is 3.44. The molecule has 0 aliphatic carbocycles. The lowest BCUT2D eigenvalue weighted by Gasteiger charge is -2.19. The molecule has 1 aromatic heterocycles. The second-order valence-electron chi connectivity index (χ2n) is 5.60. The molecule has 21 heavy (non-hydrogen) atoms. The van der Waals surface area contributed by atoms with Gasteiger partial charge in [-0.15, -0.1) is 10.2 Å². The fraction of sp³-hybridized carbons (Fsp3) is 0.692. The smallest absolute Gasteiger partial charge is 0.233 e. The lowest BCUT2D eigenvalue weighted by molar-refractivity contribution is 0.204. The Morgan fingerprint density at radius 2 is 2.05 bits per heavy atom. The molecule has 0 spiro atoms. The number of nitrogens with zero attached hydrogens (tertiary/aromatic N) is 4. The number of sulfonamides is 1. The van der Waals surface area contributed by atoms with Gasteiger partial charge in [0.05, 0.1) is 11.8 Å². The van der Waals surface area contributed by atoms with E-state index in [0.717, 1.165) is 5.82 Å². The molecule has 1 aliphatic rings. The van der Waals surface area contributed by atoms with Crippen molar-refractivity contribution in [2.75, 3.05) is 32.1 Å². The largest absolute Gasteiger partial charge is 0.472 e. The summed E-state index contributed by atoms with van der Waals surface area (Å²) >= 11 is 0. The topological polar surface area (TPSA) is 75.6 Å². The second kappa shape index (κ2) is 6.15. The van der Waals surface area contributed by atoms with Crippen LogP contribution >= 0.6 is 0 Å². The highest BCUT2D eigenvalue weighted by molar-refractivity contribution is 7.89. The van der Waals surface area contributed by atoms with Crippen LogP contribution in [0, 0.1) is 0 Å². The van der Waals surface area contributed by atoms with E-state index in [-0.39, 0.29) is 6.10 Å². The zero-order chi connectivity index (χ0) is 15.6. The van der Waals surface area contributed by atoms with Crippen LogP contribution in [0.2, 0.25) is 0 Å². The van der Waals surface area contributed by atoms with Gasteiger partial charge in [-0.1, -0.05) is 0 Å². The quantitative estimate of drug-likeness (QED) is 0.798. The van der Waals surface area contributed by atoms with E-state index in [1.54, 1.807) is 19.9 Å². The minimum atomic E-state index is -3.21. The predicted octanol–water partition coefficient (Wildman–Crippen LogP) is 0.734. The van der Waals surface area contributed by atoms with E-state index < -0.39 is 15.3 Å². The van der Waals surface area contributed by atoms with Crippen LogP contribution in [0.4, 0.5) is 5.82 Å². The number of rotatable bonds is 5. The van der Waals surface area contributed by atoms with E-state index >= 15 is 0 Å². The van der Waals surface area contributed by atoms with Crippen molar-refractivity contribution >= 4 is 15.8 Å². The summed E-state index contributed by atoms with van der Waals surface area (Å²) in [6.07, 6.45) is 0.501. The standard InChI is InChI=1S/C13H22N4O3S/c1-10(2)21(18,19)17-8-7-11(9-17)20-13-6-5-12(14-15-13)16(3)4/h5-6,10-11H,7-9H2,1-4H3. The fourth-order valence-electron chi connectivity index (χ4n) is 2.11. The van der Waals surface area contributed by atoms with E-state index in [1.807, 2.05) is 25.1 Å². The lowest BCUT2D eigenvalue weighted by atomic mass is 10.3. The average Bonchev–Trinajstić information content (AvgIpc) is 2.88. The first-order valence-electron chi connectivity index (χ1n) is 6.97. The minimum Gasteiger partial charge on any atom is -0.472 e. The van der Waals surface area contributed by atoms with Crippen molar-refractivity contribution in [2.45, 2.75) is 31.6 Å². The van der Waals surface area contributed by atoms with Gasteiger partial charge in [0.15, 0.2) is 5.82 Å². The molecule has 8 heteroatoms. The van der Waals surface area contributed by atoms with Gasteiger partial charge in [0.25, 0.3) is 0 Å². The maximum Gasteiger partial charge on any atom is 0.233 e.